The van der Waals surface area contributed by atoms with Crippen LogP contribution in [0.25, 0.3) is 21.5 Å². The molecule has 1 aliphatic rings. The fourth-order valence-corrected chi connectivity index (χ4v) is 3.67. The molecule has 0 saturated heterocycles. The number of methoxy groups -OCH3 is 1. The van der Waals surface area contributed by atoms with E-state index in [4.69, 9.17) is 4.74 Å². The number of aromatic nitrogens is 1. The van der Waals surface area contributed by atoms with Crippen molar-refractivity contribution in [2.75, 3.05) is 7.11 Å². The Labute approximate surface area is 114 Å². The maximum Gasteiger partial charge on any atom is 0.337 e. The minimum Gasteiger partial charge on any atom is -0.465 e. The lowest BCUT2D eigenvalue weighted by Crippen LogP contribution is -2.00. The lowest BCUT2D eigenvalue weighted by molar-refractivity contribution is 0.0601. The molecule has 1 aromatic carbocycles. The maximum atomic E-state index is 11.6. The van der Waals surface area contributed by atoms with Gasteiger partial charge >= 0.3 is 5.97 Å². The van der Waals surface area contributed by atoms with Crippen LogP contribution in [0.1, 0.15) is 15.9 Å². The zero-order chi connectivity index (χ0) is 13.0. The molecule has 0 amide bonds. The fraction of sp³-hybridized carbons (Fsp3) is 0.133. The van der Waals surface area contributed by atoms with Crippen LogP contribution in [0, 0.1) is 0 Å². The molecular formula is C15H11NO2S. The molecule has 0 aliphatic carbocycles. The zero-order valence-electron chi connectivity index (χ0n) is 10.3. The van der Waals surface area contributed by atoms with E-state index in [1.807, 2.05) is 18.2 Å². The smallest absolute Gasteiger partial charge is 0.337 e. The first-order valence-corrected chi connectivity index (χ1v) is 6.94. The van der Waals surface area contributed by atoms with Gasteiger partial charge in [0.1, 0.15) is 0 Å². The number of hydrogen-bond acceptors (Lipinski definition) is 3. The molecule has 0 bridgehead atoms. The van der Waals surface area contributed by atoms with Gasteiger partial charge < -0.3 is 9.30 Å². The van der Waals surface area contributed by atoms with Crippen LogP contribution in [0.5, 0.6) is 0 Å². The molecule has 3 nitrogen and oxygen atoms in total. The van der Waals surface area contributed by atoms with Crippen molar-refractivity contribution >= 4 is 28.2 Å². The summed E-state index contributed by atoms with van der Waals surface area (Å²) in [5, 5.41) is 3.23. The third kappa shape index (κ3) is 1.40. The van der Waals surface area contributed by atoms with E-state index in [9.17, 15) is 4.79 Å². The van der Waals surface area contributed by atoms with Crippen LogP contribution in [0.2, 0.25) is 0 Å². The van der Waals surface area contributed by atoms with E-state index in [1.165, 1.54) is 28.8 Å². The Hall–Kier alpha value is -2.07. The minimum absolute atomic E-state index is 0.287. The summed E-state index contributed by atoms with van der Waals surface area (Å²) in [5.74, 6) is -0.287. The van der Waals surface area contributed by atoms with Gasteiger partial charge in [-0.3, -0.25) is 0 Å². The van der Waals surface area contributed by atoms with E-state index in [0.717, 1.165) is 11.9 Å². The topological polar surface area (TPSA) is 31.2 Å². The molecule has 0 N–H and O–H groups in total. The summed E-state index contributed by atoms with van der Waals surface area (Å²) in [6.07, 6.45) is 0. The van der Waals surface area contributed by atoms with Crippen molar-refractivity contribution in [3.8, 4) is 10.6 Å². The van der Waals surface area contributed by atoms with Gasteiger partial charge in [0, 0.05) is 17.4 Å². The molecule has 19 heavy (non-hydrogen) atoms. The van der Waals surface area contributed by atoms with Crippen LogP contribution in [-0.2, 0) is 11.3 Å². The highest BCUT2D eigenvalue weighted by atomic mass is 32.1. The lowest BCUT2D eigenvalue weighted by atomic mass is 10.1. The van der Waals surface area contributed by atoms with Gasteiger partial charge in [-0.25, -0.2) is 4.79 Å². The molecule has 1 aliphatic heterocycles. The molecule has 0 unspecified atom stereocenters. The number of nitrogens with zero attached hydrogens (tertiary/aromatic N) is 1. The highest BCUT2D eigenvalue weighted by molar-refractivity contribution is 7.13. The fourth-order valence-electron chi connectivity index (χ4n) is 2.73. The number of hydrogen-bond donors (Lipinski definition) is 0. The summed E-state index contributed by atoms with van der Waals surface area (Å²) in [4.78, 5) is 12.9. The van der Waals surface area contributed by atoms with Crippen molar-refractivity contribution in [1.29, 1.82) is 0 Å². The number of fused-ring (bicyclic) bond motifs is 5. The Kier molecular flexibility index (Phi) is 2.11. The van der Waals surface area contributed by atoms with E-state index >= 15 is 0 Å². The van der Waals surface area contributed by atoms with Gasteiger partial charge in [-0.05, 0) is 41.3 Å². The maximum absolute atomic E-state index is 11.6. The number of rotatable bonds is 1. The summed E-state index contributed by atoms with van der Waals surface area (Å²) < 4.78 is 7.07. The van der Waals surface area contributed by atoms with Crippen molar-refractivity contribution in [3.63, 3.8) is 0 Å². The molecular weight excluding hydrogens is 258 g/mol. The number of esters is 1. The average Bonchev–Trinajstić information content (AvgIpc) is 3.07. The average molecular weight is 269 g/mol. The van der Waals surface area contributed by atoms with E-state index in [0.29, 0.717) is 5.56 Å². The molecule has 4 rings (SSSR count). The molecule has 3 heterocycles. The largest absolute Gasteiger partial charge is 0.465 e. The molecule has 0 spiro atoms. The normalized spacial score (nSPS) is 12.5. The summed E-state index contributed by atoms with van der Waals surface area (Å²) in [7, 11) is 1.41. The molecule has 4 heteroatoms. The Morgan fingerprint density at radius 2 is 2.21 bits per heavy atom. The molecule has 2 aromatic heterocycles. The number of carbonyl (C=O) groups is 1. The van der Waals surface area contributed by atoms with Crippen LogP contribution in [0.15, 0.2) is 35.7 Å². The monoisotopic (exact) mass is 269 g/mol. The highest BCUT2D eigenvalue weighted by Crippen LogP contribution is 2.40. The standard InChI is InChI=1S/C15H11NO2S/c1-18-15(17)9-2-3-12-11(6-9)7-13-14-10(4-5-19-14)8-16(12)13/h2-7H,8H2,1H3. The molecule has 0 saturated carbocycles. The number of thiophene rings is 1. The predicted molar refractivity (Wildman–Crippen MR) is 75.7 cm³/mol. The van der Waals surface area contributed by atoms with Gasteiger partial charge in [-0.2, -0.15) is 0 Å². The van der Waals surface area contributed by atoms with Crippen molar-refractivity contribution in [2.24, 2.45) is 0 Å². The van der Waals surface area contributed by atoms with E-state index in [2.05, 4.69) is 22.1 Å². The molecule has 0 fully saturated rings. The van der Waals surface area contributed by atoms with Gasteiger partial charge in [-0.1, -0.05) is 0 Å². The molecule has 0 atom stereocenters. The van der Waals surface area contributed by atoms with Crippen molar-refractivity contribution in [3.05, 3.63) is 46.8 Å². The van der Waals surface area contributed by atoms with Crippen LogP contribution in [-0.4, -0.2) is 17.6 Å². The summed E-state index contributed by atoms with van der Waals surface area (Å²) in [6, 6.07) is 10.1. The van der Waals surface area contributed by atoms with Crippen LogP contribution in [0.3, 0.4) is 0 Å². The first-order chi connectivity index (χ1) is 9.28. The number of benzene rings is 1. The van der Waals surface area contributed by atoms with Crippen molar-refractivity contribution in [2.45, 2.75) is 6.54 Å². The first kappa shape index (κ1) is 10.8. The second-order valence-electron chi connectivity index (χ2n) is 4.66. The Morgan fingerprint density at radius 3 is 3.05 bits per heavy atom. The quantitative estimate of drug-likeness (QED) is 0.495. The minimum atomic E-state index is -0.287. The Morgan fingerprint density at radius 1 is 1.32 bits per heavy atom. The highest BCUT2D eigenvalue weighted by Gasteiger charge is 2.22. The van der Waals surface area contributed by atoms with Gasteiger partial charge in [0.25, 0.3) is 0 Å². The van der Waals surface area contributed by atoms with Gasteiger partial charge in [-0.15, -0.1) is 11.3 Å². The third-order valence-electron chi connectivity index (χ3n) is 3.63. The summed E-state index contributed by atoms with van der Waals surface area (Å²) in [6.45, 7) is 0.926. The lowest BCUT2D eigenvalue weighted by Gasteiger charge is -2.02. The second-order valence-corrected chi connectivity index (χ2v) is 5.57. The summed E-state index contributed by atoms with van der Waals surface area (Å²) in [5.41, 5.74) is 4.41. The van der Waals surface area contributed by atoms with E-state index < -0.39 is 0 Å². The van der Waals surface area contributed by atoms with E-state index in [-0.39, 0.29) is 5.97 Å². The molecule has 94 valence electrons. The van der Waals surface area contributed by atoms with Gasteiger partial charge in [0.2, 0.25) is 0 Å². The number of ether oxygens (including phenoxy) is 1. The van der Waals surface area contributed by atoms with Gasteiger partial charge in [0.15, 0.2) is 0 Å². The first-order valence-electron chi connectivity index (χ1n) is 6.06. The van der Waals surface area contributed by atoms with Gasteiger partial charge in [0.05, 0.1) is 23.2 Å². The molecule has 0 radical (unpaired) electrons. The predicted octanol–water partition coefficient (Wildman–Crippen LogP) is 3.52. The Balaban J connectivity index is 1.94. The van der Waals surface area contributed by atoms with E-state index in [1.54, 1.807) is 11.3 Å². The Bertz CT molecular complexity index is 813. The van der Waals surface area contributed by atoms with Crippen LogP contribution >= 0.6 is 11.3 Å². The third-order valence-corrected chi connectivity index (χ3v) is 4.61. The van der Waals surface area contributed by atoms with Crippen molar-refractivity contribution in [1.82, 2.24) is 4.57 Å². The number of carbonyl (C=O) groups excluding carboxylic acids is 1. The second kappa shape index (κ2) is 3.71. The van der Waals surface area contributed by atoms with Crippen LogP contribution in [0.4, 0.5) is 0 Å². The van der Waals surface area contributed by atoms with Crippen LogP contribution < -0.4 is 0 Å². The summed E-state index contributed by atoms with van der Waals surface area (Å²) >= 11 is 1.77. The SMILES string of the molecule is COC(=O)c1ccc2c(c1)cc1n2Cc2ccsc2-1. The zero-order valence-corrected chi connectivity index (χ0v) is 11.2. The van der Waals surface area contributed by atoms with Crippen molar-refractivity contribution < 1.29 is 9.53 Å². The molecule has 3 aromatic rings.